The molecule has 0 aliphatic rings. The number of aromatic nitrogens is 4. The summed E-state index contributed by atoms with van der Waals surface area (Å²) in [5, 5.41) is 9.19. The van der Waals surface area contributed by atoms with E-state index in [4.69, 9.17) is 0 Å². The standard InChI is InChI=1S/C13H12N4O/c1-16-8-9(7-14-16)13(18)12-10-5-3-4-6-11(10)17(2)15-12/h3-8H,1-2H3. The summed E-state index contributed by atoms with van der Waals surface area (Å²) in [5.74, 6) is -0.0973. The van der Waals surface area contributed by atoms with Crippen LogP contribution in [0.15, 0.2) is 36.7 Å². The Hall–Kier alpha value is -2.43. The first-order valence-corrected chi connectivity index (χ1v) is 5.62. The molecule has 90 valence electrons. The molecule has 3 aromatic rings. The van der Waals surface area contributed by atoms with E-state index in [1.165, 1.54) is 0 Å². The maximum atomic E-state index is 12.4. The van der Waals surface area contributed by atoms with E-state index in [9.17, 15) is 4.79 Å². The molecular weight excluding hydrogens is 228 g/mol. The van der Waals surface area contributed by atoms with Gasteiger partial charge in [-0.2, -0.15) is 10.2 Å². The number of hydrogen-bond donors (Lipinski definition) is 0. The van der Waals surface area contributed by atoms with Crippen molar-refractivity contribution in [2.24, 2.45) is 14.1 Å². The third-order valence-corrected chi connectivity index (χ3v) is 2.94. The van der Waals surface area contributed by atoms with Gasteiger partial charge in [-0.05, 0) is 6.07 Å². The summed E-state index contributed by atoms with van der Waals surface area (Å²) in [4.78, 5) is 12.4. The number of nitrogens with zero attached hydrogens (tertiary/aromatic N) is 4. The number of ketones is 1. The minimum atomic E-state index is -0.0973. The molecule has 0 amide bonds. The molecule has 0 atom stereocenters. The number of benzene rings is 1. The molecule has 0 aliphatic heterocycles. The number of para-hydroxylation sites is 1. The fraction of sp³-hybridized carbons (Fsp3) is 0.154. The molecule has 0 aliphatic carbocycles. The molecule has 5 nitrogen and oxygen atoms in total. The lowest BCUT2D eigenvalue weighted by Crippen LogP contribution is -2.02. The van der Waals surface area contributed by atoms with Crippen molar-refractivity contribution < 1.29 is 4.79 Å². The zero-order valence-corrected chi connectivity index (χ0v) is 10.2. The van der Waals surface area contributed by atoms with Crippen LogP contribution >= 0.6 is 0 Å². The molecule has 0 saturated carbocycles. The van der Waals surface area contributed by atoms with Crippen LogP contribution in [-0.2, 0) is 14.1 Å². The third-order valence-electron chi connectivity index (χ3n) is 2.94. The molecule has 3 rings (SSSR count). The van der Waals surface area contributed by atoms with Gasteiger partial charge in [0.1, 0.15) is 5.69 Å². The molecule has 0 N–H and O–H groups in total. The monoisotopic (exact) mass is 240 g/mol. The first-order chi connectivity index (χ1) is 8.66. The van der Waals surface area contributed by atoms with Gasteiger partial charge in [-0.25, -0.2) is 0 Å². The topological polar surface area (TPSA) is 52.7 Å². The van der Waals surface area contributed by atoms with Crippen LogP contribution in [0, 0.1) is 0 Å². The molecule has 0 saturated heterocycles. The second-order valence-electron chi connectivity index (χ2n) is 4.22. The van der Waals surface area contributed by atoms with Gasteiger partial charge in [-0.15, -0.1) is 0 Å². The van der Waals surface area contributed by atoms with Crippen molar-refractivity contribution in [2.75, 3.05) is 0 Å². The van der Waals surface area contributed by atoms with Gasteiger partial charge in [0.2, 0.25) is 5.78 Å². The van der Waals surface area contributed by atoms with Crippen LogP contribution in [0.4, 0.5) is 0 Å². The van der Waals surface area contributed by atoms with Crippen molar-refractivity contribution in [3.05, 3.63) is 47.9 Å². The van der Waals surface area contributed by atoms with Crippen molar-refractivity contribution in [3.8, 4) is 0 Å². The maximum Gasteiger partial charge on any atom is 0.217 e. The number of carbonyl (C=O) groups excluding carboxylic acids is 1. The van der Waals surface area contributed by atoms with Crippen molar-refractivity contribution >= 4 is 16.7 Å². The molecular formula is C13H12N4O. The van der Waals surface area contributed by atoms with E-state index < -0.39 is 0 Å². The molecule has 0 radical (unpaired) electrons. The minimum absolute atomic E-state index is 0.0973. The molecule has 1 aromatic carbocycles. The largest absolute Gasteiger partial charge is 0.287 e. The second kappa shape index (κ2) is 3.80. The van der Waals surface area contributed by atoms with Gasteiger partial charge in [0.25, 0.3) is 0 Å². The number of carbonyl (C=O) groups is 1. The lowest BCUT2D eigenvalue weighted by atomic mass is 10.1. The van der Waals surface area contributed by atoms with Gasteiger partial charge >= 0.3 is 0 Å². The Bertz CT molecular complexity index is 738. The summed E-state index contributed by atoms with van der Waals surface area (Å²) in [7, 11) is 3.62. The van der Waals surface area contributed by atoms with Crippen molar-refractivity contribution in [1.29, 1.82) is 0 Å². The van der Waals surface area contributed by atoms with Crippen LogP contribution in [0.2, 0.25) is 0 Å². The third kappa shape index (κ3) is 1.52. The lowest BCUT2D eigenvalue weighted by molar-refractivity contribution is 0.103. The molecule has 2 heterocycles. The molecule has 0 unspecified atom stereocenters. The summed E-state index contributed by atoms with van der Waals surface area (Å²) in [5.41, 5.74) is 1.98. The van der Waals surface area contributed by atoms with E-state index in [0.29, 0.717) is 11.3 Å². The van der Waals surface area contributed by atoms with E-state index in [1.54, 1.807) is 28.8 Å². The zero-order valence-electron chi connectivity index (χ0n) is 10.2. The lowest BCUT2D eigenvalue weighted by Gasteiger charge is -1.93. The van der Waals surface area contributed by atoms with Crippen molar-refractivity contribution in [1.82, 2.24) is 19.6 Å². The quantitative estimate of drug-likeness (QED) is 0.638. The molecule has 0 spiro atoms. The van der Waals surface area contributed by atoms with Gasteiger partial charge in [0.05, 0.1) is 17.3 Å². The van der Waals surface area contributed by atoms with Crippen LogP contribution < -0.4 is 0 Å². The second-order valence-corrected chi connectivity index (χ2v) is 4.22. The predicted molar refractivity (Wildman–Crippen MR) is 67.4 cm³/mol. The van der Waals surface area contributed by atoms with E-state index >= 15 is 0 Å². The van der Waals surface area contributed by atoms with Gasteiger partial charge < -0.3 is 0 Å². The van der Waals surface area contributed by atoms with Crippen molar-refractivity contribution in [3.63, 3.8) is 0 Å². The van der Waals surface area contributed by atoms with Gasteiger partial charge in [0.15, 0.2) is 0 Å². The Kier molecular flexibility index (Phi) is 2.26. The highest BCUT2D eigenvalue weighted by Crippen LogP contribution is 2.19. The van der Waals surface area contributed by atoms with E-state index in [0.717, 1.165) is 10.9 Å². The summed E-state index contributed by atoms with van der Waals surface area (Å²) in [6.07, 6.45) is 3.26. The Labute approximate surface area is 104 Å². The Morgan fingerprint density at radius 2 is 2.00 bits per heavy atom. The molecule has 2 aromatic heterocycles. The first-order valence-electron chi connectivity index (χ1n) is 5.62. The highest BCUT2D eigenvalue weighted by molar-refractivity contribution is 6.14. The molecule has 0 bridgehead atoms. The predicted octanol–water partition coefficient (Wildman–Crippen LogP) is 1.54. The maximum absolute atomic E-state index is 12.4. The average molecular weight is 240 g/mol. The van der Waals surface area contributed by atoms with Crippen LogP contribution in [-0.4, -0.2) is 25.3 Å². The van der Waals surface area contributed by atoms with Gasteiger partial charge in [-0.3, -0.25) is 14.2 Å². The summed E-state index contributed by atoms with van der Waals surface area (Å²) >= 11 is 0. The van der Waals surface area contributed by atoms with E-state index in [2.05, 4.69) is 10.2 Å². The molecule has 18 heavy (non-hydrogen) atoms. The van der Waals surface area contributed by atoms with Gasteiger partial charge in [-0.1, -0.05) is 18.2 Å². The fourth-order valence-electron chi connectivity index (χ4n) is 2.06. The van der Waals surface area contributed by atoms with Crippen LogP contribution in [0.3, 0.4) is 0 Å². The normalized spacial score (nSPS) is 11.0. The zero-order chi connectivity index (χ0) is 12.7. The highest BCUT2D eigenvalue weighted by Gasteiger charge is 2.18. The fourth-order valence-corrected chi connectivity index (χ4v) is 2.06. The number of fused-ring (bicyclic) bond motifs is 1. The van der Waals surface area contributed by atoms with E-state index in [-0.39, 0.29) is 5.78 Å². The number of rotatable bonds is 2. The number of hydrogen-bond acceptors (Lipinski definition) is 3. The highest BCUT2D eigenvalue weighted by atomic mass is 16.1. The average Bonchev–Trinajstić information content (AvgIpc) is 2.94. The summed E-state index contributed by atoms with van der Waals surface area (Å²) in [6.45, 7) is 0. The molecule has 0 fully saturated rings. The van der Waals surface area contributed by atoms with Crippen LogP contribution in [0.5, 0.6) is 0 Å². The summed E-state index contributed by atoms with van der Waals surface area (Å²) in [6, 6.07) is 7.70. The minimum Gasteiger partial charge on any atom is -0.287 e. The van der Waals surface area contributed by atoms with Gasteiger partial charge in [0, 0.05) is 25.7 Å². The van der Waals surface area contributed by atoms with Crippen molar-refractivity contribution in [2.45, 2.75) is 0 Å². The first kappa shape index (κ1) is 10.7. The van der Waals surface area contributed by atoms with Crippen LogP contribution in [0.1, 0.15) is 16.1 Å². The smallest absolute Gasteiger partial charge is 0.217 e. The Morgan fingerprint density at radius 3 is 2.72 bits per heavy atom. The Balaban J connectivity index is 2.18. The van der Waals surface area contributed by atoms with E-state index in [1.807, 2.05) is 31.3 Å². The number of aryl methyl sites for hydroxylation is 2. The van der Waals surface area contributed by atoms with Crippen LogP contribution in [0.25, 0.3) is 10.9 Å². The SMILES string of the molecule is Cn1cc(C(=O)c2nn(C)c3ccccc23)cn1. The summed E-state index contributed by atoms with van der Waals surface area (Å²) < 4.78 is 3.33. The molecule has 5 heteroatoms. The Morgan fingerprint density at radius 1 is 1.22 bits per heavy atom.